The number of benzene rings is 2. The van der Waals surface area contributed by atoms with Crippen molar-refractivity contribution in [2.24, 2.45) is 0 Å². The first-order chi connectivity index (χ1) is 13.1. The molecule has 1 amide bonds. The Balaban J connectivity index is 1.58. The number of nitrogens with zero attached hydrogens (tertiary/aromatic N) is 3. The van der Waals surface area contributed by atoms with Crippen molar-refractivity contribution in [3.8, 4) is 0 Å². The topological polar surface area (TPSA) is 92.3 Å². The van der Waals surface area contributed by atoms with Crippen molar-refractivity contribution in [2.75, 3.05) is 16.2 Å². The van der Waals surface area contributed by atoms with Crippen molar-refractivity contribution in [1.82, 2.24) is 9.59 Å². The van der Waals surface area contributed by atoms with Crippen molar-refractivity contribution in [3.63, 3.8) is 0 Å². The zero-order valence-electron chi connectivity index (χ0n) is 14.2. The van der Waals surface area contributed by atoms with Gasteiger partial charge in [-0.05, 0) is 60.3 Å². The van der Waals surface area contributed by atoms with E-state index in [2.05, 4.69) is 14.9 Å². The van der Waals surface area contributed by atoms with Gasteiger partial charge in [-0.15, -0.1) is 5.10 Å². The van der Waals surface area contributed by atoms with Gasteiger partial charge in [0.05, 0.1) is 10.6 Å². The van der Waals surface area contributed by atoms with E-state index in [0.717, 1.165) is 35.6 Å². The van der Waals surface area contributed by atoms with Crippen LogP contribution in [0.4, 0.5) is 11.4 Å². The molecule has 2 heterocycles. The zero-order chi connectivity index (χ0) is 18.9. The lowest BCUT2D eigenvalue weighted by atomic mass is 10.0. The number of hydrogen-bond donors (Lipinski definition) is 1. The Kier molecular flexibility index (Phi) is 4.63. The molecule has 27 heavy (non-hydrogen) atoms. The summed E-state index contributed by atoms with van der Waals surface area (Å²) in [4.78, 5) is 12.2. The number of nitrogens with one attached hydrogen (secondary N) is 1. The number of aromatic nitrogens is 2. The van der Waals surface area contributed by atoms with Crippen LogP contribution in [0.5, 0.6) is 0 Å². The van der Waals surface area contributed by atoms with Gasteiger partial charge in [0.15, 0.2) is 5.69 Å². The van der Waals surface area contributed by atoms with Gasteiger partial charge in [0.25, 0.3) is 15.9 Å². The fourth-order valence-electron chi connectivity index (χ4n) is 3.04. The summed E-state index contributed by atoms with van der Waals surface area (Å²) < 4.78 is 31.3. The number of amides is 1. The molecule has 0 unspecified atom stereocenters. The highest BCUT2D eigenvalue weighted by Gasteiger charge is 2.28. The summed E-state index contributed by atoms with van der Waals surface area (Å²) in [5.74, 6) is -0.385. The van der Waals surface area contributed by atoms with Crippen LogP contribution in [0.2, 0.25) is 0 Å². The second kappa shape index (κ2) is 7.09. The van der Waals surface area contributed by atoms with E-state index < -0.39 is 10.0 Å². The molecule has 0 atom stereocenters. The van der Waals surface area contributed by atoms with Gasteiger partial charge in [-0.25, -0.2) is 8.42 Å². The van der Waals surface area contributed by atoms with Gasteiger partial charge in [0.2, 0.25) is 0 Å². The van der Waals surface area contributed by atoms with Gasteiger partial charge in [-0.1, -0.05) is 22.7 Å². The third-order valence-electron chi connectivity index (χ3n) is 4.36. The van der Waals surface area contributed by atoms with Gasteiger partial charge in [0.1, 0.15) is 0 Å². The van der Waals surface area contributed by atoms with E-state index >= 15 is 0 Å². The summed E-state index contributed by atoms with van der Waals surface area (Å²) in [5, 5.41) is 7.92. The van der Waals surface area contributed by atoms with E-state index in [-0.39, 0.29) is 16.5 Å². The van der Waals surface area contributed by atoms with Gasteiger partial charge in [-0.2, -0.15) is 0 Å². The molecule has 1 aromatic heterocycles. The molecule has 1 aliphatic heterocycles. The van der Waals surface area contributed by atoms with Crippen molar-refractivity contribution in [3.05, 3.63) is 65.2 Å². The van der Waals surface area contributed by atoms with Crippen LogP contribution in [0.25, 0.3) is 0 Å². The predicted molar refractivity (Wildman–Crippen MR) is 104 cm³/mol. The maximum atomic E-state index is 13.1. The van der Waals surface area contributed by atoms with Crippen LogP contribution < -0.4 is 9.62 Å². The normalized spacial score (nSPS) is 13.9. The van der Waals surface area contributed by atoms with Crippen molar-refractivity contribution in [1.29, 1.82) is 0 Å². The third kappa shape index (κ3) is 3.43. The Bertz CT molecular complexity index is 1060. The van der Waals surface area contributed by atoms with Crippen LogP contribution in [0, 0.1) is 0 Å². The molecular weight excluding hydrogens is 384 g/mol. The number of rotatable bonds is 4. The van der Waals surface area contributed by atoms with Crippen LogP contribution in [0.15, 0.2) is 58.8 Å². The lowest BCUT2D eigenvalue weighted by Gasteiger charge is -2.30. The smallest absolute Gasteiger partial charge is 0.277 e. The lowest BCUT2D eigenvalue weighted by molar-refractivity contribution is 0.102. The predicted octanol–water partition coefficient (Wildman–Crippen LogP) is 2.93. The molecule has 138 valence electrons. The van der Waals surface area contributed by atoms with Crippen LogP contribution in [-0.4, -0.2) is 30.5 Å². The van der Waals surface area contributed by atoms with E-state index in [9.17, 15) is 13.2 Å². The van der Waals surface area contributed by atoms with E-state index in [1.54, 1.807) is 17.5 Å². The zero-order valence-corrected chi connectivity index (χ0v) is 15.8. The highest BCUT2D eigenvalue weighted by atomic mass is 32.2. The molecule has 7 nitrogen and oxygen atoms in total. The van der Waals surface area contributed by atoms with Crippen LogP contribution in [-0.2, 0) is 16.4 Å². The van der Waals surface area contributed by atoms with Crippen LogP contribution >= 0.6 is 11.5 Å². The Morgan fingerprint density at radius 3 is 2.63 bits per heavy atom. The summed E-state index contributed by atoms with van der Waals surface area (Å²) >= 11 is 1.09. The molecule has 0 saturated carbocycles. The number of sulfonamides is 1. The molecule has 3 aromatic rings. The number of fused-ring (bicyclic) bond motifs is 1. The molecule has 0 saturated heterocycles. The summed E-state index contributed by atoms with van der Waals surface area (Å²) in [7, 11) is -3.66. The second-order valence-electron chi connectivity index (χ2n) is 6.08. The molecule has 9 heteroatoms. The van der Waals surface area contributed by atoms with Crippen molar-refractivity contribution in [2.45, 2.75) is 17.7 Å². The monoisotopic (exact) mass is 400 g/mol. The molecule has 0 bridgehead atoms. The first-order valence-electron chi connectivity index (χ1n) is 8.35. The minimum atomic E-state index is -3.66. The first-order valence-corrected chi connectivity index (χ1v) is 10.6. The molecular formula is C18H16N4O3S2. The molecule has 0 fully saturated rings. The standard InChI is InChI=1S/C18H16N4O3S2/c23-18(16-12-26-21-20-16)19-14-7-9-15(10-8-14)27(24,25)22-11-3-5-13-4-1-2-6-17(13)22/h1-2,4,6-10,12H,3,5,11H2,(H,19,23). The number of para-hydroxylation sites is 1. The minimum Gasteiger partial charge on any atom is -0.321 e. The van der Waals surface area contributed by atoms with Crippen molar-refractivity contribution >= 4 is 38.8 Å². The molecule has 0 aliphatic carbocycles. The first kappa shape index (κ1) is 17.6. The summed E-state index contributed by atoms with van der Waals surface area (Å²) in [6.07, 6.45) is 1.66. The van der Waals surface area contributed by atoms with Gasteiger partial charge >= 0.3 is 0 Å². The minimum absolute atomic E-state index is 0.188. The third-order valence-corrected chi connectivity index (χ3v) is 6.69. The Labute approximate surface area is 160 Å². The fourth-order valence-corrected chi connectivity index (χ4v) is 5.02. The van der Waals surface area contributed by atoms with Gasteiger partial charge in [0, 0.05) is 17.6 Å². The van der Waals surface area contributed by atoms with Crippen molar-refractivity contribution < 1.29 is 13.2 Å². The SMILES string of the molecule is O=C(Nc1ccc(S(=O)(=O)N2CCCc3ccccc32)cc1)c1csnn1. The van der Waals surface area contributed by atoms with Crippen LogP contribution in [0.1, 0.15) is 22.5 Å². The molecule has 0 spiro atoms. The Hall–Kier alpha value is -2.78. The van der Waals surface area contributed by atoms with E-state index in [0.29, 0.717) is 12.2 Å². The number of carbonyl (C=O) groups is 1. The highest BCUT2D eigenvalue weighted by Crippen LogP contribution is 2.32. The van der Waals surface area contributed by atoms with E-state index in [1.807, 2.05) is 24.3 Å². The highest BCUT2D eigenvalue weighted by molar-refractivity contribution is 7.92. The quantitative estimate of drug-likeness (QED) is 0.727. The van der Waals surface area contributed by atoms with E-state index in [1.165, 1.54) is 16.4 Å². The average molecular weight is 400 g/mol. The largest absolute Gasteiger partial charge is 0.321 e. The van der Waals surface area contributed by atoms with E-state index in [4.69, 9.17) is 0 Å². The average Bonchev–Trinajstić information content (AvgIpc) is 3.23. The summed E-state index contributed by atoms with van der Waals surface area (Å²) in [5.41, 5.74) is 2.48. The maximum absolute atomic E-state index is 13.1. The lowest BCUT2D eigenvalue weighted by Crippen LogP contribution is -2.35. The molecule has 1 aliphatic rings. The number of anilines is 2. The number of hydrogen-bond acceptors (Lipinski definition) is 6. The second-order valence-corrected chi connectivity index (χ2v) is 8.55. The maximum Gasteiger partial charge on any atom is 0.277 e. The fraction of sp³-hybridized carbons (Fsp3) is 0.167. The summed E-state index contributed by atoms with van der Waals surface area (Å²) in [6.45, 7) is 0.453. The van der Waals surface area contributed by atoms with Gasteiger partial charge < -0.3 is 5.32 Å². The number of carbonyl (C=O) groups excluding carboxylic acids is 1. The van der Waals surface area contributed by atoms with Crippen LogP contribution in [0.3, 0.4) is 0 Å². The summed E-state index contributed by atoms with van der Waals surface area (Å²) in [6, 6.07) is 13.7. The van der Waals surface area contributed by atoms with Gasteiger partial charge in [-0.3, -0.25) is 9.10 Å². The molecule has 4 rings (SSSR count). The number of aryl methyl sites for hydroxylation is 1. The molecule has 2 aromatic carbocycles. The molecule has 1 N–H and O–H groups in total. The Morgan fingerprint density at radius 2 is 1.89 bits per heavy atom. The Morgan fingerprint density at radius 1 is 1.11 bits per heavy atom. The molecule has 0 radical (unpaired) electrons.